The highest BCUT2D eigenvalue weighted by atomic mass is 19.4. The van der Waals surface area contributed by atoms with Crippen molar-refractivity contribution in [2.75, 3.05) is 0 Å². The highest BCUT2D eigenvalue weighted by Gasteiger charge is 2.32. The van der Waals surface area contributed by atoms with Gasteiger partial charge in [-0.2, -0.15) is 26.3 Å². The Morgan fingerprint density at radius 1 is 0.903 bits per heavy atom. The van der Waals surface area contributed by atoms with Gasteiger partial charge in [-0.3, -0.25) is 9.59 Å². The number of rotatable bonds is 6. The molecule has 2 aromatic carbocycles. The molecule has 2 N–H and O–H groups in total. The fourth-order valence-electron chi connectivity index (χ4n) is 2.51. The van der Waals surface area contributed by atoms with Gasteiger partial charge in [0.05, 0.1) is 23.5 Å². The zero-order valence-electron chi connectivity index (χ0n) is 15.9. The van der Waals surface area contributed by atoms with E-state index in [0.29, 0.717) is 0 Å². The molecule has 1 unspecified atom stereocenters. The van der Waals surface area contributed by atoms with E-state index < -0.39 is 47.8 Å². The average molecular weight is 448 g/mol. The summed E-state index contributed by atoms with van der Waals surface area (Å²) in [7, 11) is 0. The molecule has 168 valence electrons. The minimum Gasteiger partial charge on any atom is -0.481 e. The first-order chi connectivity index (χ1) is 14.3. The molecule has 0 saturated heterocycles. The number of allylic oxidation sites excluding steroid dienone is 1. The predicted octanol–water partition coefficient (Wildman–Crippen LogP) is 5.78. The van der Waals surface area contributed by atoms with Gasteiger partial charge >= 0.3 is 24.3 Å². The molecule has 0 saturated carbocycles. The van der Waals surface area contributed by atoms with Crippen molar-refractivity contribution in [2.45, 2.75) is 31.1 Å². The number of carboxylic acid groups (broad SMARTS) is 2. The second-order valence-corrected chi connectivity index (χ2v) is 6.31. The molecule has 0 amide bonds. The van der Waals surface area contributed by atoms with Crippen LogP contribution in [0.2, 0.25) is 0 Å². The Kier molecular flexibility index (Phi) is 8.84. The van der Waals surface area contributed by atoms with E-state index in [0.717, 1.165) is 24.3 Å². The lowest BCUT2D eigenvalue weighted by Crippen LogP contribution is -2.12. The minimum atomic E-state index is -4.47. The van der Waals surface area contributed by atoms with Gasteiger partial charge in [-0.1, -0.05) is 42.5 Å². The molecule has 0 aliphatic rings. The van der Waals surface area contributed by atoms with Crippen LogP contribution in [-0.4, -0.2) is 22.2 Å². The van der Waals surface area contributed by atoms with Crippen molar-refractivity contribution in [1.82, 2.24) is 0 Å². The third-order valence-corrected chi connectivity index (χ3v) is 3.93. The predicted molar refractivity (Wildman–Crippen MR) is 99.4 cm³/mol. The third-order valence-electron chi connectivity index (χ3n) is 3.93. The molecule has 2 aromatic rings. The van der Waals surface area contributed by atoms with Crippen molar-refractivity contribution >= 4 is 11.9 Å². The lowest BCUT2D eigenvalue weighted by atomic mass is 9.94. The molecule has 0 aromatic heterocycles. The summed E-state index contributed by atoms with van der Waals surface area (Å²) >= 11 is 0. The van der Waals surface area contributed by atoms with Gasteiger partial charge in [0.1, 0.15) is 0 Å². The number of hydrogen-bond donors (Lipinski definition) is 2. The molecule has 1 atom stereocenters. The van der Waals surface area contributed by atoms with Crippen LogP contribution < -0.4 is 0 Å². The van der Waals surface area contributed by atoms with Crippen LogP contribution in [0.25, 0.3) is 0 Å². The molecular formula is C21H18F6O4. The van der Waals surface area contributed by atoms with Gasteiger partial charge in [-0.25, -0.2) is 0 Å². The number of carbonyl (C=O) groups is 2. The van der Waals surface area contributed by atoms with Crippen molar-refractivity contribution in [3.8, 4) is 0 Å². The van der Waals surface area contributed by atoms with Gasteiger partial charge in [0, 0.05) is 0 Å². The van der Waals surface area contributed by atoms with Crippen molar-refractivity contribution in [2.24, 2.45) is 0 Å². The first-order valence-corrected chi connectivity index (χ1v) is 8.64. The third kappa shape index (κ3) is 8.53. The molecular weight excluding hydrogens is 430 g/mol. The number of carboxylic acids is 2. The number of alkyl halides is 6. The molecule has 10 heteroatoms. The molecule has 0 heterocycles. The Labute approximate surface area is 173 Å². The summed E-state index contributed by atoms with van der Waals surface area (Å²) in [5.74, 6) is -3.30. The van der Waals surface area contributed by atoms with Crippen LogP contribution in [0.4, 0.5) is 26.3 Å². The standard InChI is InChI=1S/C12H11F3O2.C9H7F3O2/c1-2-4-10(11(16)17)8-5-3-6-9(7-8)12(13,14)15;10-9(11,12)7-3-1-2-6(4-7)5-8(13)14/h2-3,5-7,10H,1,4H2,(H,16,17);1-4H,5H2,(H,13,14). The first kappa shape index (κ1) is 25.7. The van der Waals surface area contributed by atoms with E-state index in [1.807, 2.05) is 0 Å². The fourth-order valence-corrected chi connectivity index (χ4v) is 2.51. The Morgan fingerprint density at radius 2 is 1.42 bits per heavy atom. The molecule has 0 bridgehead atoms. The molecule has 0 fully saturated rings. The van der Waals surface area contributed by atoms with Crippen LogP contribution in [0.5, 0.6) is 0 Å². The van der Waals surface area contributed by atoms with Crippen LogP contribution in [0, 0.1) is 0 Å². The van der Waals surface area contributed by atoms with Gasteiger partial charge < -0.3 is 10.2 Å². The van der Waals surface area contributed by atoms with E-state index in [-0.39, 0.29) is 17.5 Å². The molecule has 31 heavy (non-hydrogen) atoms. The summed E-state index contributed by atoms with van der Waals surface area (Å²) in [6.07, 6.45) is -7.82. The van der Waals surface area contributed by atoms with E-state index in [9.17, 15) is 35.9 Å². The maximum Gasteiger partial charge on any atom is 0.416 e. The van der Waals surface area contributed by atoms with Gasteiger partial charge in [0.15, 0.2) is 0 Å². The maximum absolute atomic E-state index is 12.5. The van der Waals surface area contributed by atoms with Gasteiger partial charge in [0.25, 0.3) is 0 Å². The molecule has 2 rings (SSSR count). The van der Waals surface area contributed by atoms with E-state index in [1.165, 1.54) is 30.3 Å². The highest BCUT2D eigenvalue weighted by Crippen LogP contribution is 2.32. The number of halogens is 6. The summed E-state index contributed by atoms with van der Waals surface area (Å²) in [6, 6.07) is 8.65. The minimum absolute atomic E-state index is 0.0939. The fraction of sp³-hybridized carbons (Fsp3) is 0.238. The van der Waals surface area contributed by atoms with E-state index in [2.05, 4.69) is 6.58 Å². The first-order valence-electron chi connectivity index (χ1n) is 8.64. The molecule has 0 aliphatic carbocycles. The summed E-state index contributed by atoms with van der Waals surface area (Å²) < 4.78 is 73.8. The quantitative estimate of drug-likeness (QED) is 0.434. The zero-order chi connectivity index (χ0) is 23.8. The smallest absolute Gasteiger partial charge is 0.416 e. The summed E-state index contributed by atoms with van der Waals surface area (Å²) in [6.45, 7) is 3.39. The van der Waals surface area contributed by atoms with E-state index in [4.69, 9.17) is 10.2 Å². The summed E-state index contributed by atoms with van der Waals surface area (Å²) in [5, 5.41) is 17.3. The lowest BCUT2D eigenvalue weighted by molar-refractivity contribution is -0.140. The van der Waals surface area contributed by atoms with Crippen molar-refractivity contribution in [3.63, 3.8) is 0 Å². The number of aliphatic carboxylic acids is 2. The van der Waals surface area contributed by atoms with Crippen LogP contribution in [0.3, 0.4) is 0 Å². The summed E-state index contributed by atoms with van der Waals surface area (Å²) in [5.41, 5.74) is -1.39. The van der Waals surface area contributed by atoms with Crippen molar-refractivity contribution in [1.29, 1.82) is 0 Å². The Morgan fingerprint density at radius 3 is 1.87 bits per heavy atom. The Balaban J connectivity index is 0.000000316. The van der Waals surface area contributed by atoms with Crippen LogP contribution in [0.1, 0.15) is 34.6 Å². The average Bonchev–Trinajstić information content (AvgIpc) is 2.65. The van der Waals surface area contributed by atoms with E-state index >= 15 is 0 Å². The molecule has 0 spiro atoms. The maximum atomic E-state index is 12.5. The van der Waals surface area contributed by atoms with Crippen LogP contribution >= 0.6 is 0 Å². The topological polar surface area (TPSA) is 74.6 Å². The van der Waals surface area contributed by atoms with Crippen molar-refractivity contribution < 1.29 is 46.1 Å². The highest BCUT2D eigenvalue weighted by molar-refractivity contribution is 5.76. The summed E-state index contributed by atoms with van der Waals surface area (Å²) in [4.78, 5) is 21.2. The van der Waals surface area contributed by atoms with Gasteiger partial charge in [-0.05, 0) is 29.7 Å². The van der Waals surface area contributed by atoms with Crippen LogP contribution in [-0.2, 0) is 28.4 Å². The Bertz CT molecular complexity index is 919. The number of hydrogen-bond acceptors (Lipinski definition) is 2. The Hall–Kier alpha value is -3.30. The monoisotopic (exact) mass is 448 g/mol. The lowest BCUT2D eigenvalue weighted by Gasteiger charge is -2.13. The van der Waals surface area contributed by atoms with Crippen LogP contribution in [0.15, 0.2) is 61.2 Å². The molecule has 0 aliphatic heterocycles. The van der Waals surface area contributed by atoms with Gasteiger partial charge in [0.2, 0.25) is 0 Å². The van der Waals surface area contributed by atoms with Crippen molar-refractivity contribution in [3.05, 3.63) is 83.4 Å². The normalized spacial score (nSPS) is 12.3. The zero-order valence-corrected chi connectivity index (χ0v) is 15.9. The largest absolute Gasteiger partial charge is 0.481 e. The molecule has 0 radical (unpaired) electrons. The second-order valence-electron chi connectivity index (χ2n) is 6.31. The second kappa shape index (κ2) is 10.6. The SMILES string of the molecule is C=CCC(C(=O)O)c1cccc(C(F)(F)F)c1.O=C(O)Cc1cccc(C(F)(F)F)c1. The number of benzene rings is 2. The van der Waals surface area contributed by atoms with Gasteiger partial charge in [-0.15, -0.1) is 6.58 Å². The van der Waals surface area contributed by atoms with E-state index in [1.54, 1.807) is 0 Å². The molecule has 4 nitrogen and oxygen atoms in total.